The van der Waals surface area contributed by atoms with Gasteiger partial charge in [0.2, 0.25) is 0 Å². The minimum atomic E-state index is -4.97. The van der Waals surface area contributed by atoms with Crippen molar-refractivity contribution in [2.24, 2.45) is 11.8 Å². The van der Waals surface area contributed by atoms with E-state index >= 15 is 0 Å². The molecule has 0 bridgehead atoms. The van der Waals surface area contributed by atoms with Crippen LogP contribution in [-0.4, -0.2) is 31.1 Å². The minimum Gasteiger partial charge on any atom is -0.512 e. The van der Waals surface area contributed by atoms with Gasteiger partial charge in [-0.1, -0.05) is 77.6 Å². The molecule has 0 saturated carbocycles. The molecule has 0 atom stereocenters. The number of carbonyl (C=O) groups is 1. The summed E-state index contributed by atoms with van der Waals surface area (Å²) in [6.45, 7) is 14.0. The number of fused-ring (bicyclic) bond motifs is 2. The van der Waals surface area contributed by atoms with Crippen LogP contribution in [0.15, 0.2) is 42.2 Å². The Morgan fingerprint density at radius 1 is 0.891 bits per heavy atom. The first kappa shape index (κ1) is 38.8. The van der Waals surface area contributed by atoms with Gasteiger partial charge >= 0.3 is 6.18 Å². The third kappa shape index (κ3) is 8.91. The summed E-state index contributed by atoms with van der Waals surface area (Å²) in [6, 6.07) is 12.1. The number of nitrogens with zero attached hydrogens (tertiary/aromatic N) is 4. The fraction of sp³-hybridized carbons (Fsp3) is 0.441. The molecule has 12 heteroatoms. The largest absolute Gasteiger partial charge is 0.512 e. The number of aromatic nitrogens is 4. The van der Waals surface area contributed by atoms with E-state index in [0.29, 0.717) is 5.39 Å². The van der Waals surface area contributed by atoms with Crippen molar-refractivity contribution >= 4 is 27.6 Å². The van der Waals surface area contributed by atoms with Gasteiger partial charge in [-0.05, 0) is 31.1 Å². The topological polar surface area (TPSA) is 88.9 Å². The predicted octanol–water partition coefficient (Wildman–Crippen LogP) is 9.50. The quantitative estimate of drug-likeness (QED) is 0.0825. The van der Waals surface area contributed by atoms with Crippen molar-refractivity contribution in [3.63, 3.8) is 0 Å². The summed E-state index contributed by atoms with van der Waals surface area (Å²) in [6.07, 6.45) is -0.0597. The third-order valence-electron chi connectivity index (χ3n) is 7.70. The van der Waals surface area contributed by atoms with Crippen LogP contribution in [0.4, 0.5) is 22.0 Å². The molecule has 251 valence electrons. The average Bonchev–Trinajstić information content (AvgIpc) is 2.97. The van der Waals surface area contributed by atoms with Crippen LogP contribution in [-0.2, 0) is 36.5 Å². The molecule has 2 heterocycles. The molecule has 0 amide bonds. The molecule has 0 aliphatic carbocycles. The molecule has 0 fully saturated rings. The Hall–Kier alpha value is -3.37. The molecule has 0 unspecified atom stereocenters. The van der Waals surface area contributed by atoms with Crippen molar-refractivity contribution in [1.29, 1.82) is 0 Å². The van der Waals surface area contributed by atoms with Crippen molar-refractivity contribution < 1.29 is 52.0 Å². The molecule has 4 rings (SSSR count). The summed E-state index contributed by atoms with van der Waals surface area (Å²) in [5.41, 5.74) is -2.36. The summed E-state index contributed by atoms with van der Waals surface area (Å²) in [5.74, 6) is -2.82. The molecular weight excluding hydrogens is 784 g/mol. The van der Waals surface area contributed by atoms with E-state index in [2.05, 4.69) is 26.2 Å². The van der Waals surface area contributed by atoms with E-state index in [4.69, 9.17) is 0 Å². The fourth-order valence-electron chi connectivity index (χ4n) is 5.05. The molecule has 0 aliphatic rings. The Morgan fingerprint density at radius 2 is 1.43 bits per heavy atom. The van der Waals surface area contributed by atoms with Crippen molar-refractivity contribution in [2.75, 3.05) is 0 Å². The van der Waals surface area contributed by atoms with Crippen LogP contribution in [0.25, 0.3) is 33.1 Å². The molecule has 0 aliphatic heterocycles. The molecule has 46 heavy (non-hydrogen) atoms. The smallest absolute Gasteiger partial charge is 0.437 e. The van der Waals surface area contributed by atoms with E-state index in [0.717, 1.165) is 36.6 Å². The zero-order valence-corrected chi connectivity index (χ0v) is 29.2. The minimum absolute atomic E-state index is 0. The zero-order valence-electron chi connectivity index (χ0n) is 26.8. The van der Waals surface area contributed by atoms with Crippen LogP contribution >= 0.6 is 0 Å². The molecule has 4 aromatic rings. The van der Waals surface area contributed by atoms with Crippen LogP contribution in [0, 0.1) is 29.8 Å². The second-order valence-corrected chi connectivity index (χ2v) is 11.8. The standard InChI is InChI=1S/C21H14F5N4.C13H24O2.Ir/c1-20(2,3)13-9-11(8-10-6-4-5-7-12(10)13)14-15-16(28-19(23)18(22)27-15)17(30-29-14)21(24,25)26;1-5-10(6-2)12(14)9-13(15)11(7-3)8-4;/h4-7,9H,1-3H3;9-11,14H,5-8H2,1-4H3;/q-1;;/b;12-9-;. The maximum absolute atomic E-state index is 13.8. The molecule has 6 nitrogen and oxygen atoms in total. The van der Waals surface area contributed by atoms with Gasteiger partial charge in [-0.25, -0.2) is 9.97 Å². The van der Waals surface area contributed by atoms with Gasteiger partial charge in [-0.15, -0.1) is 29.1 Å². The molecule has 0 spiro atoms. The van der Waals surface area contributed by atoms with E-state index in [1.54, 1.807) is 18.2 Å². The summed E-state index contributed by atoms with van der Waals surface area (Å²) in [4.78, 5) is 18.2. The number of hydrogen-bond donors (Lipinski definition) is 1. The summed E-state index contributed by atoms with van der Waals surface area (Å²) >= 11 is 0. The van der Waals surface area contributed by atoms with Gasteiger partial charge in [-0.2, -0.15) is 32.1 Å². The molecule has 2 aromatic carbocycles. The Labute approximate surface area is 279 Å². The Kier molecular flexibility index (Phi) is 13.5. The first-order valence-corrected chi connectivity index (χ1v) is 14.9. The Morgan fingerprint density at radius 3 is 1.96 bits per heavy atom. The fourth-order valence-corrected chi connectivity index (χ4v) is 5.05. The normalized spacial score (nSPS) is 12.3. The van der Waals surface area contributed by atoms with Gasteiger partial charge in [0.1, 0.15) is 5.52 Å². The van der Waals surface area contributed by atoms with Gasteiger partial charge in [-0.3, -0.25) is 4.79 Å². The Bertz CT molecular complexity index is 1700. The number of benzene rings is 2. The number of hydrogen-bond acceptors (Lipinski definition) is 6. The van der Waals surface area contributed by atoms with Gasteiger partial charge < -0.3 is 5.11 Å². The molecule has 1 N–H and O–H groups in total. The van der Waals surface area contributed by atoms with E-state index in [1.807, 2.05) is 60.6 Å². The number of halogens is 5. The van der Waals surface area contributed by atoms with Crippen molar-refractivity contribution in [3.05, 3.63) is 71.4 Å². The predicted molar refractivity (Wildman–Crippen MR) is 164 cm³/mol. The van der Waals surface area contributed by atoms with Crippen LogP contribution in [0.5, 0.6) is 0 Å². The third-order valence-corrected chi connectivity index (χ3v) is 7.70. The van der Waals surface area contributed by atoms with Crippen LogP contribution in [0.3, 0.4) is 0 Å². The van der Waals surface area contributed by atoms with Gasteiger partial charge in [0.15, 0.2) is 11.5 Å². The summed E-state index contributed by atoms with van der Waals surface area (Å²) in [7, 11) is 0. The number of rotatable bonds is 8. The summed E-state index contributed by atoms with van der Waals surface area (Å²) in [5, 5.41) is 18.2. The summed E-state index contributed by atoms with van der Waals surface area (Å²) < 4.78 is 67.4. The number of aliphatic hydroxyl groups is 1. The number of ketones is 1. The first-order chi connectivity index (χ1) is 21.1. The number of aliphatic hydroxyl groups excluding tert-OH is 1. The molecule has 1 radical (unpaired) electrons. The van der Waals surface area contributed by atoms with Crippen molar-refractivity contribution in [1.82, 2.24) is 20.2 Å². The molecule has 2 aromatic heterocycles. The second kappa shape index (κ2) is 16.0. The van der Waals surface area contributed by atoms with E-state index in [-0.39, 0.29) is 60.2 Å². The second-order valence-electron chi connectivity index (χ2n) is 11.8. The van der Waals surface area contributed by atoms with Crippen LogP contribution in [0.1, 0.15) is 85.4 Å². The molecular formula is C34H38F5IrN4O2-. The Balaban J connectivity index is 0.000000394. The van der Waals surface area contributed by atoms with Gasteiger partial charge in [0.05, 0.1) is 17.0 Å². The number of carbonyl (C=O) groups excluding carboxylic acids is 1. The van der Waals surface area contributed by atoms with E-state index in [1.165, 1.54) is 6.08 Å². The average molecular weight is 822 g/mol. The van der Waals surface area contributed by atoms with Crippen LogP contribution < -0.4 is 0 Å². The number of allylic oxidation sites excluding steroid dienone is 2. The van der Waals surface area contributed by atoms with Crippen molar-refractivity contribution in [3.8, 4) is 11.3 Å². The van der Waals surface area contributed by atoms with E-state index < -0.39 is 34.8 Å². The van der Waals surface area contributed by atoms with Crippen molar-refractivity contribution in [2.45, 2.75) is 85.7 Å². The van der Waals surface area contributed by atoms with Gasteiger partial charge in [0.25, 0.3) is 11.9 Å². The molecule has 0 saturated heterocycles. The van der Waals surface area contributed by atoms with E-state index in [9.17, 15) is 31.9 Å². The monoisotopic (exact) mass is 822 g/mol. The van der Waals surface area contributed by atoms with Crippen LogP contribution in [0.2, 0.25) is 0 Å². The SMILES string of the molecule is CC(C)(C)c1cc(-c2nnc(C(F)(F)F)c3nc(F)c(F)nc23)[c-]c2ccccc12.CCC(CC)C(=O)/C=C(\O)C(CC)CC.[Ir]. The maximum atomic E-state index is 13.8. The zero-order chi connectivity index (χ0) is 33.7. The first-order valence-electron chi connectivity index (χ1n) is 14.9. The number of alkyl halides is 3. The van der Waals surface area contributed by atoms with Gasteiger partial charge in [0, 0.05) is 38.0 Å². The maximum Gasteiger partial charge on any atom is 0.437 e.